The fourth-order valence-corrected chi connectivity index (χ4v) is 4.52. The van der Waals surface area contributed by atoms with E-state index in [9.17, 15) is 13.2 Å². The van der Waals surface area contributed by atoms with Crippen molar-refractivity contribution < 1.29 is 27.4 Å². The van der Waals surface area contributed by atoms with Gasteiger partial charge in [-0.05, 0) is 91.9 Å². The van der Waals surface area contributed by atoms with Gasteiger partial charge in [-0.15, -0.1) is 0 Å². The van der Waals surface area contributed by atoms with Gasteiger partial charge in [0.15, 0.2) is 0 Å². The third kappa shape index (κ3) is 7.50. The number of hydrogen-bond donors (Lipinski definition) is 2. The summed E-state index contributed by atoms with van der Waals surface area (Å²) in [6.45, 7) is 3.16. The Hall–Kier alpha value is -4.50. The average Bonchev–Trinajstić information content (AvgIpc) is 2.93. The molecule has 9 heteroatoms. The van der Waals surface area contributed by atoms with Crippen LogP contribution in [0, 0.1) is 0 Å². The maximum atomic E-state index is 12.7. The van der Waals surface area contributed by atoms with Crippen LogP contribution in [0.1, 0.15) is 17.3 Å². The van der Waals surface area contributed by atoms with E-state index >= 15 is 0 Å². The maximum Gasteiger partial charge on any atom is 0.261 e. The number of anilines is 2. The van der Waals surface area contributed by atoms with E-state index in [1.807, 2.05) is 37.3 Å². The lowest BCUT2D eigenvalue weighted by Gasteiger charge is -2.11. The van der Waals surface area contributed by atoms with Crippen molar-refractivity contribution in [1.82, 2.24) is 0 Å². The Labute approximate surface area is 222 Å². The molecule has 0 aliphatic heterocycles. The maximum absolute atomic E-state index is 12.7. The third-order valence-electron chi connectivity index (χ3n) is 5.32. The monoisotopic (exact) mass is 532 g/mol. The zero-order valence-corrected chi connectivity index (χ0v) is 21.6. The Kier molecular flexibility index (Phi) is 8.84. The third-order valence-corrected chi connectivity index (χ3v) is 6.72. The Morgan fingerprint density at radius 3 is 1.79 bits per heavy atom. The molecule has 0 aliphatic rings. The highest BCUT2D eigenvalue weighted by molar-refractivity contribution is 7.92. The van der Waals surface area contributed by atoms with Crippen LogP contribution in [0.4, 0.5) is 11.4 Å². The van der Waals surface area contributed by atoms with Crippen molar-refractivity contribution in [3.63, 3.8) is 0 Å². The van der Waals surface area contributed by atoms with E-state index in [4.69, 9.17) is 14.2 Å². The van der Waals surface area contributed by atoms with Crippen LogP contribution in [0.5, 0.6) is 17.2 Å². The fourth-order valence-electron chi connectivity index (χ4n) is 3.46. The molecule has 0 aliphatic carbocycles. The minimum atomic E-state index is -3.79. The van der Waals surface area contributed by atoms with Crippen molar-refractivity contribution in [1.29, 1.82) is 0 Å². The predicted octanol–water partition coefficient (Wildman–Crippen LogP) is 5.60. The Morgan fingerprint density at radius 2 is 1.18 bits per heavy atom. The number of sulfonamides is 1. The molecule has 0 fully saturated rings. The van der Waals surface area contributed by atoms with Crippen LogP contribution in [-0.2, 0) is 10.0 Å². The molecule has 0 atom stereocenters. The van der Waals surface area contributed by atoms with Crippen LogP contribution in [-0.4, -0.2) is 34.1 Å². The number of nitrogens with one attached hydrogen (secondary N) is 2. The summed E-state index contributed by atoms with van der Waals surface area (Å²) in [5, 5.41) is 2.77. The second-order valence-electron chi connectivity index (χ2n) is 8.08. The highest BCUT2D eigenvalue weighted by Crippen LogP contribution is 2.21. The summed E-state index contributed by atoms with van der Waals surface area (Å²) in [7, 11) is -3.79. The van der Waals surface area contributed by atoms with E-state index in [0.29, 0.717) is 48.3 Å². The molecule has 0 aromatic heterocycles. The molecule has 1 amide bonds. The first-order valence-electron chi connectivity index (χ1n) is 12.0. The van der Waals surface area contributed by atoms with E-state index in [2.05, 4.69) is 10.0 Å². The summed E-state index contributed by atoms with van der Waals surface area (Å²) in [6, 6.07) is 28.8. The van der Waals surface area contributed by atoms with Gasteiger partial charge in [0, 0.05) is 16.9 Å². The average molecular weight is 533 g/mol. The smallest absolute Gasteiger partial charge is 0.261 e. The molecule has 196 valence electrons. The van der Waals surface area contributed by atoms with Crippen LogP contribution in [0.15, 0.2) is 108 Å². The molecule has 4 aromatic rings. The zero-order chi connectivity index (χ0) is 26.8. The molecule has 0 saturated carbocycles. The van der Waals surface area contributed by atoms with Crippen molar-refractivity contribution in [3.05, 3.63) is 109 Å². The van der Waals surface area contributed by atoms with Crippen LogP contribution in [0.2, 0.25) is 0 Å². The van der Waals surface area contributed by atoms with Crippen LogP contribution >= 0.6 is 0 Å². The Balaban J connectivity index is 1.27. The van der Waals surface area contributed by atoms with Crippen LogP contribution < -0.4 is 24.2 Å². The molecule has 4 aromatic carbocycles. The Bertz CT molecular complexity index is 1420. The van der Waals surface area contributed by atoms with Gasteiger partial charge in [-0.3, -0.25) is 9.52 Å². The molecule has 0 heterocycles. The molecule has 0 saturated heterocycles. The number of rotatable bonds is 12. The van der Waals surface area contributed by atoms with E-state index in [1.165, 1.54) is 24.3 Å². The van der Waals surface area contributed by atoms with Gasteiger partial charge in [0.1, 0.15) is 30.5 Å². The summed E-state index contributed by atoms with van der Waals surface area (Å²) in [5.74, 6) is 1.73. The second-order valence-corrected chi connectivity index (χ2v) is 9.76. The zero-order valence-electron chi connectivity index (χ0n) is 20.8. The normalized spacial score (nSPS) is 10.9. The predicted molar refractivity (Wildman–Crippen MR) is 147 cm³/mol. The van der Waals surface area contributed by atoms with Crippen LogP contribution in [0.25, 0.3) is 0 Å². The fraction of sp³-hybridized carbons (Fsp3) is 0.138. The minimum absolute atomic E-state index is 0.0714. The summed E-state index contributed by atoms with van der Waals surface area (Å²) >= 11 is 0. The quantitative estimate of drug-likeness (QED) is 0.230. The molecule has 8 nitrogen and oxygen atoms in total. The molecular weight excluding hydrogens is 504 g/mol. The highest BCUT2D eigenvalue weighted by Gasteiger charge is 2.15. The van der Waals surface area contributed by atoms with Gasteiger partial charge in [-0.2, -0.15) is 0 Å². The molecule has 2 N–H and O–H groups in total. The lowest BCUT2D eigenvalue weighted by molar-refractivity contribution is 0.102. The highest BCUT2D eigenvalue weighted by atomic mass is 32.2. The van der Waals surface area contributed by atoms with E-state index < -0.39 is 10.0 Å². The summed E-state index contributed by atoms with van der Waals surface area (Å²) in [4.78, 5) is 12.7. The second kappa shape index (κ2) is 12.6. The molecular formula is C29H28N2O6S. The first-order chi connectivity index (χ1) is 18.4. The molecule has 0 radical (unpaired) electrons. The van der Waals surface area contributed by atoms with Crippen LogP contribution in [0.3, 0.4) is 0 Å². The largest absolute Gasteiger partial charge is 0.494 e. The van der Waals surface area contributed by atoms with Crippen molar-refractivity contribution in [3.8, 4) is 17.2 Å². The molecule has 0 bridgehead atoms. The molecule has 38 heavy (non-hydrogen) atoms. The van der Waals surface area contributed by atoms with Gasteiger partial charge in [-0.25, -0.2) is 8.42 Å². The molecule has 0 unspecified atom stereocenters. The van der Waals surface area contributed by atoms with E-state index in [0.717, 1.165) is 5.75 Å². The van der Waals surface area contributed by atoms with Gasteiger partial charge < -0.3 is 19.5 Å². The minimum Gasteiger partial charge on any atom is -0.494 e. The topological polar surface area (TPSA) is 103 Å². The summed E-state index contributed by atoms with van der Waals surface area (Å²) in [6.07, 6.45) is 0. The summed E-state index contributed by atoms with van der Waals surface area (Å²) < 4.78 is 44.6. The number of ether oxygens (including phenoxy) is 3. The summed E-state index contributed by atoms with van der Waals surface area (Å²) in [5.41, 5.74) is 1.32. The van der Waals surface area contributed by atoms with Gasteiger partial charge in [-0.1, -0.05) is 18.2 Å². The number of benzene rings is 4. The number of hydrogen-bond acceptors (Lipinski definition) is 6. The van der Waals surface area contributed by atoms with Crippen molar-refractivity contribution in [2.75, 3.05) is 29.9 Å². The molecule has 4 rings (SSSR count). The van der Waals surface area contributed by atoms with Gasteiger partial charge >= 0.3 is 0 Å². The van der Waals surface area contributed by atoms with Gasteiger partial charge in [0.25, 0.3) is 15.9 Å². The van der Waals surface area contributed by atoms with Gasteiger partial charge in [0.2, 0.25) is 0 Å². The van der Waals surface area contributed by atoms with E-state index in [1.54, 1.807) is 48.5 Å². The number of carbonyl (C=O) groups is 1. The van der Waals surface area contributed by atoms with Crippen molar-refractivity contribution >= 4 is 27.3 Å². The van der Waals surface area contributed by atoms with Gasteiger partial charge in [0.05, 0.1) is 11.5 Å². The standard InChI is InChI=1S/C29H28N2O6S/c1-2-35-26-16-10-24(11-17-26)31-38(33,34)28-18-12-23(13-19-28)30-29(32)22-8-14-27(15-9-22)37-21-20-36-25-6-4-3-5-7-25/h3-19,31H,2,20-21H2,1H3,(H,30,32). The first kappa shape index (κ1) is 26.6. The van der Waals surface area contributed by atoms with Crippen molar-refractivity contribution in [2.45, 2.75) is 11.8 Å². The van der Waals surface area contributed by atoms with E-state index in [-0.39, 0.29) is 10.8 Å². The molecule has 0 spiro atoms. The van der Waals surface area contributed by atoms with Crippen molar-refractivity contribution in [2.24, 2.45) is 0 Å². The lowest BCUT2D eigenvalue weighted by Crippen LogP contribution is -2.14. The number of carbonyl (C=O) groups excluding carboxylic acids is 1. The number of para-hydroxylation sites is 1. The Morgan fingerprint density at radius 1 is 0.658 bits per heavy atom. The SMILES string of the molecule is CCOc1ccc(NS(=O)(=O)c2ccc(NC(=O)c3ccc(OCCOc4ccccc4)cc3)cc2)cc1. The lowest BCUT2D eigenvalue weighted by atomic mass is 10.2. The number of amides is 1. The first-order valence-corrected chi connectivity index (χ1v) is 13.5.